The topological polar surface area (TPSA) is 101 Å². The van der Waals surface area contributed by atoms with Crippen molar-refractivity contribution in [2.75, 3.05) is 40.5 Å². The molecule has 0 spiro atoms. The van der Waals surface area contributed by atoms with Gasteiger partial charge in [0, 0.05) is 6.07 Å². The number of aromatic amines is 1. The van der Waals surface area contributed by atoms with Gasteiger partial charge in [0.15, 0.2) is 4.77 Å². The second kappa shape index (κ2) is 8.23. The molecule has 0 amide bonds. The minimum Gasteiger partial charge on any atom is -0.497 e. The number of ether oxygens (including phenoxy) is 3. The minimum atomic E-state index is -0.535. The highest BCUT2D eigenvalue weighted by Crippen LogP contribution is 2.30. The quantitative estimate of drug-likeness (QED) is 0.584. The van der Waals surface area contributed by atoms with Crippen LogP contribution in [0.4, 0.5) is 0 Å². The summed E-state index contributed by atoms with van der Waals surface area (Å²) >= 11 is 5.24. The van der Waals surface area contributed by atoms with E-state index in [4.69, 9.17) is 26.4 Å². The zero-order valence-electron chi connectivity index (χ0n) is 15.0. The molecule has 2 N–H and O–H groups in total. The molecular weight excluding hydrogens is 372 g/mol. The Morgan fingerprint density at radius 1 is 1.30 bits per heavy atom. The lowest BCUT2D eigenvalue weighted by Crippen LogP contribution is -2.32. The maximum Gasteiger partial charge on any atom is 0.264 e. The van der Waals surface area contributed by atoms with Gasteiger partial charge in [0.1, 0.15) is 17.1 Å². The number of aromatic nitrogens is 2. The molecule has 144 valence electrons. The van der Waals surface area contributed by atoms with Gasteiger partial charge < -0.3 is 19.3 Å². The van der Waals surface area contributed by atoms with Gasteiger partial charge in [-0.1, -0.05) is 0 Å². The summed E-state index contributed by atoms with van der Waals surface area (Å²) in [7, 11) is 3.02. The number of aromatic hydroxyl groups is 1. The highest BCUT2D eigenvalue weighted by atomic mass is 32.1. The first-order valence-corrected chi connectivity index (χ1v) is 8.63. The van der Waals surface area contributed by atoms with Crippen LogP contribution in [0.3, 0.4) is 0 Å². The number of hydrazone groups is 1. The third-order valence-corrected chi connectivity index (χ3v) is 4.37. The van der Waals surface area contributed by atoms with Crippen molar-refractivity contribution in [1.82, 2.24) is 14.6 Å². The third-order valence-electron chi connectivity index (χ3n) is 4.09. The van der Waals surface area contributed by atoms with Crippen molar-refractivity contribution in [3.8, 4) is 23.1 Å². The molecule has 1 aromatic heterocycles. The van der Waals surface area contributed by atoms with Gasteiger partial charge in [0.25, 0.3) is 5.56 Å². The Labute approximate surface area is 160 Å². The van der Waals surface area contributed by atoms with Gasteiger partial charge in [-0.2, -0.15) is 5.10 Å². The van der Waals surface area contributed by atoms with Crippen LogP contribution in [0.2, 0.25) is 0 Å². The zero-order chi connectivity index (χ0) is 19.4. The van der Waals surface area contributed by atoms with E-state index in [2.05, 4.69) is 10.1 Å². The smallest absolute Gasteiger partial charge is 0.264 e. The Balaban J connectivity index is 2.11. The van der Waals surface area contributed by atoms with Crippen molar-refractivity contribution < 1.29 is 19.3 Å². The number of hydrogen-bond donors (Lipinski definition) is 2. The average Bonchev–Trinajstić information content (AvgIpc) is 2.68. The van der Waals surface area contributed by atoms with Crippen LogP contribution in [-0.4, -0.2) is 66.4 Å². The molecule has 0 unspecified atom stereocenters. The molecule has 10 heteroatoms. The van der Waals surface area contributed by atoms with Crippen LogP contribution in [0.15, 0.2) is 28.1 Å². The Morgan fingerprint density at radius 2 is 2.04 bits per heavy atom. The van der Waals surface area contributed by atoms with E-state index in [-0.39, 0.29) is 16.2 Å². The van der Waals surface area contributed by atoms with Crippen molar-refractivity contribution in [2.45, 2.75) is 0 Å². The van der Waals surface area contributed by atoms with E-state index in [0.29, 0.717) is 43.5 Å². The van der Waals surface area contributed by atoms with Crippen LogP contribution < -0.4 is 15.0 Å². The number of hydrogen-bond acceptors (Lipinski definition) is 8. The number of methoxy groups -OCH3 is 2. The molecule has 2 aromatic rings. The number of H-pyrrole nitrogens is 1. The fourth-order valence-electron chi connectivity index (χ4n) is 2.66. The molecule has 1 saturated heterocycles. The van der Waals surface area contributed by atoms with Gasteiger partial charge in [-0.15, -0.1) is 0 Å². The Bertz CT molecular complexity index is 963. The largest absolute Gasteiger partial charge is 0.497 e. The maximum absolute atomic E-state index is 12.3. The summed E-state index contributed by atoms with van der Waals surface area (Å²) in [5.41, 5.74) is -0.121. The number of nitrogens with one attached hydrogen (secondary N) is 1. The van der Waals surface area contributed by atoms with E-state index >= 15 is 0 Å². The first kappa shape index (κ1) is 18.9. The Kier molecular flexibility index (Phi) is 5.77. The second-order valence-corrected chi connectivity index (χ2v) is 6.07. The first-order valence-electron chi connectivity index (χ1n) is 8.22. The number of benzene rings is 1. The fraction of sp³-hybridized carbons (Fsp3) is 0.353. The van der Waals surface area contributed by atoms with Crippen LogP contribution in [-0.2, 0) is 4.74 Å². The molecule has 0 bridgehead atoms. The van der Waals surface area contributed by atoms with E-state index in [1.54, 1.807) is 23.2 Å². The van der Waals surface area contributed by atoms with Crippen LogP contribution in [0, 0.1) is 4.77 Å². The lowest BCUT2D eigenvalue weighted by molar-refractivity contribution is 0.0396. The summed E-state index contributed by atoms with van der Waals surface area (Å²) in [4.78, 5) is 14.9. The average molecular weight is 392 g/mol. The molecule has 0 atom stereocenters. The molecule has 1 aliphatic heterocycles. The molecule has 3 rings (SSSR count). The van der Waals surface area contributed by atoms with Crippen molar-refractivity contribution in [3.63, 3.8) is 0 Å². The highest BCUT2D eigenvalue weighted by molar-refractivity contribution is 7.71. The normalized spacial score (nSPS) is 14.5. The molecule has 1 aliphatic rings. The van der Waals surface area contributed by atoms with E-state index in [0.717, 1.165) is 0 Å². The first-order chi connectivity index (χ1) is 13.0. The molecule has 27 heavy (non-hydrogen) atoms. The van der Waals surface area contributed by atoms with Crippen molar-refractivity contribution in [3.05, 3.63) is 38.9 Å². The lowest BCUT2D eigenvalue weighted by Gasteiger charge is -2.23. The molecular formula is C17H20N4O5S. The van der Waals surface area contributed by atoms with E-state index < -0.39 is 5.56 Å². The molecule has 1 fully saturated rings. The minimum absolute atomic E-state index is 0.0139. The summed E-state index contributed by atoms with van der Waals surface area (Å²) in [6.45, 7) is 2.34. The van der Waals surface area contributed by atoms with Crippen LogP contribution in [0.25, 0.3) is 5.69 Å². The number of rotatable bonds is 5. The van der Waals surface area contributed by atoms with Gasteiger partial charge in [0.2, 0.25) is 5.88 Å². The summed E-state index contributed by atoms with van der Waals surface area (Å²) in [6, 6.07) is 5.05. The van der Waals surface area contributed by atoms with Gasteiger partial charge in [0.05, 0.1) is 52.4 Å². The van der Waals surface area contributed by atoms with Gasteiger partial charge >= 0.3 is 0 Å². The van der Waals surface area contributed by atoms with Crippen LogP contribution in [0.1, 0.15) is 5.56 Å². The molecule has 2 heterocycles. The van der Waals surface area contributed by atoms with Crippen molar-refractivity contribution in [2.24, 2.45) is 5.10 Å². The summed E-state index contributed by atoms with van der Waals surface area (Å²) < 4.78 is 17.2. The summed E-state index contributed by atoms with van der Waals surface area (Å²) in [6.07, 6.45) is 1.32. The number of morpholine rings is 1. The highest BCUT2D eigenvalue weighted by Gasteiger charge is 2.17. The predicted octanol–water partition coefficient (Wildman–Crippen LogP) is 1.28. The summed E-state index contributed by atoms with van der Waals surface area (Å²) in [5.74, 6) is 0.652. The zero-order valence-corrected chi connectivity index (χ0v) is 15.8. The Morgan fingerprint density at radius 3 is 2.70 bits per heavy atom. The van der Waals surface area contributed by atoms with E-state index in [9.17, 15) is 9.90 Å². The number of nitrogens with zero attached hydrogens (tertiary/aromatic N) is 3. The maximum atomic E-state index is 12.3. The Hall–Kier alpha value is -2.85. The third kappa shape index (κ3) is 3.96. The van der Waals surface area contributed by atoms with Gasteiger partial charge in [-0.3, -0.25) is 19.4 Å². The second-order valence-electron chi connectivity index (χ2n) is 5.68. The molecule has 0 saturated carbocycles. The molecule has 0 aliphatic carbocycles. The van der Waals surface area contributed by atoms with Gasteiger partial charge in [-0.25, -0.2) is 0 Å². The monoisotopic (exact) mass is 392 g/mol. The van der Waals surface area contributed by atoms with Crippen LogP contribution >= 0.6 is 12.2 Å². The molecule has 9 nitrogen and oxygen atoms in total. The SMILES string of the molecule is COc1ccc(OC)c(-n2c(O)c(C=NN3CCOCC3)c(=O)[nH]c2=S)c1. The molecule has 0 radical (unpaired) electrons. The van der Waals surface area contributed by atoms with Crippen LogP contribution in [0.5, 0.6) is 17.4 Å². The van der Waals surface area contributed by atoms with E-state index in [1.165, 1.54) is 25.0 Å². The lowest BCUT2D eigenvalue weighted by atomic mass is 10.2. The fourth-order valence-corrected chi connectivity index (χ4v) is 2.94. The standard InChI is InChI=1S/C17H20N4O5S/c1-24-11-3-4-14(25-2)13(9-11)21-16(23)12(15(22)19-17(21)27)10-18-20-5-7-26-8-6-20/h3-4,9-10,23H,5-8H2,1-2H3,(H,19,22,27). The molecule has 1 aromatic carbocycles. The van der Waals surface area contributed by atoms with Crippen molar-refractivity contribution in [1.29, 1.82) is 0 Å². The summed E-state index contributed by atoms with van der Waals surface area (Å²) in [5, 5.41) is 16.8. The predicted molar refractivity (Wildman–Crippen MR) is 102 cm³/mol. The van der Waals surface area contributed by atoms with Crippen molar-refractivity contribution >= 4 is 18.4 Å². The van der Waals surface area contributed by atoms with Gasteiger partial charge in [-0.05, 0) is 24.4 Å². The van der Waals surface area contributed by atoms with E-state index in [1.807, 2.05) is 0 Å².